The third kappa shape index (κ3) is 3.70. The van der Waals surface area contributed by atoms with Crippen LogP contribution in [0.5, 0.6) is 0 Å². The lowest BCUT2D eigenvalue weighted by atomic mass is 10.1. The van der Waals surface area contributed by atoms with E-state index in [1.807, 2.05) is 42.0 Å². The van der Waals surface area contributed by atoms with E-state index in [9.17, 15) is 13.2 Å². The van der Waals surface area contributed by atoms with E-state index in [4.69, 9.17) is 0 Å². The van der Waals surface area contributed by atoms with Crippen molar-refractivity contribution < 1.29 is 13.2 Å². The summed E-state index contributed by atoms with van der Waals surface area (Å²) < 4.78 is 25.8. The number of nitrogens with one attached hydrogen (secondary N) is 2. The van der Waals surface area contributed by atoms with Gasteiger partial charge in [-0.2, -0.15) is 0 Å². The summed E-state index contributed by atoms with van der Waals surface area (Å²) in [7, 11) is -3.08. The highest BCUT2D eigenvalue weighted by atomic mass is 32.2. The summed E-state index contributed by atoms with van der Waals surface area (Å²) >= 11 is 0. The van der Waals surface area contributed by atoms with Gasteiger partial charge in [0.1, 0.15) is 5.82 Å². The zero-order chi connectivity index (χ0) is 19.0. The van der Waals surface area contributed by atoms with Crippen molar-refractivity contribution in [1.29, 1.82) is 0 Å². The standard InChI is InChI=1S/C18H23N5O3S/c1-13-19-6-8-22(13)15-4-2-14(3-5-15)10-21-18(24)23-9-7-20-16-11-27(25,26)12-17(16)23/h2-6,8,16-17,20H,7,9-12H2,1H3,(H,21,24)/t16-,17+/m0/s1. The molecule has 0 spiro atoms. The zero-order valence-electron chi connectivity index (χ0n) is 15.1. The summed E-state index contributed by atoms with van der Waals surface area (Å²) in [6, 6.07) is 7.26. The van der Waals surface area contributed by atoms with E-state index in [0.29, 0.717) is 19.6 Å². The first-order valence-corrected chi connectivity index (χ1v) is 10.8. The van der Waals surface area contributed by atoms with Gasteiger partial charge in [-0.1, -0.05) is 12.1 Å². The molecule has 2 aliphatic heterocycles. The van der Waals surface area contributed by atoms with Gasteiger partial charge in [-0.05, 0) is 24.6 Å². The second-order valence-corrected chi connectivity index (χ2v) is 9.22. The van der Waals surface area contributed by atoms with Gasteiger partial charge in [-0.3, -0.25) is 0 Å². The Labute approximate surface area is 158 Å². The number of hydrogen-bond acceptors (Lipinski definition) is 5. The number of sulfone groups is 1. The minimum absolute atomic E-state index is 0.0387. The van der Waals surface area contributed by atoms with E-state index in [0.717, 1.165) is 17.1 Å². The molecule has 2 atom stereocenters. The molecule has 2 N–H and O–H groups in total. The average molecular weight is 389 g/mol. The second-order valence-electron chi connectivity index (χ2n) is 7.07. The van der Waals surface area contributed by atoms with Gasteiger partial charge in [0.2, 0.25) is 0 Å². The number of piperazine rings is 1. The Hall–Kier alpha value is -2.39. The normalized spacial score (nSPS) is 23.8. The van der Waals surface area contributed by atoms with Gasteiger partial charge >= 0.3 is 6.03 Å². The number of hydrogen-bond donors (Lipinski definition) is 2. The molecule has 2 fully saturated rings. The molecule has 1 aromatic heterocycles. The topological polar surface area (TPSA) is 96.3 Å². The van der Waals surface area contributed by atoms with Crippen LogP contribution in [0.2, 0.25) is 0 Å². The number of aromatic nitrogens is 2. The molecule has 1 aromatic carbocycles. The summed E-state index contributed by atoms with van der Waals surface area (Å²) in [5.74, 6) is 1.06. The molecule has 2 aromatic rings. The van der Waals surface area contributed by atoms with Gasteiger partial charge in [-0.25, -0.2) is 18.2 Å². The first kappa shape index (κ1) is 18.0. The second kappa shape index (κ2) is 6.97. The van der Waals surface area contributed by atoms with Gasteiger partial charge in [0.15, 0.2) is 9.84 Å². The van der Waals surface area contributed by atoms with E-state index in [1.54, 1.807) is 11.1 Å². The van der Waals surface area contributed by atoms with Crippen LogP contribution in [0.25, 0.3) is 5.69 Å². The summed E-state index contributed by atoms with van der Waals surface area (Å²) in [5.41, 5.74) is 2.00. The quantitative estimate of drug-likeness (QED) is 0.795. The summed E-state index contributed by atoms with van der Waals surface area (Å²) in [5, 5.41) is 6.13. The molecule has 0 aliphatic carbocycles. The number of imidazole rings is 1. The minimum Gasteiger partial charge on any atom is -0.334 e. The number of aryl methyl sites for hydroxylation is 1. The Morgan fingerprint density at radius 2 is 2.07 bits per heavy atom. The van der Waals surface area contributed by atoms with Crippen LogP contribution in [-0.4, -0.2) is 65.6 Å². The molecule has 0 radical (unpaired) electrons. The molecule has 27 heavy (non-hydrogen) atoms. The number of benzene rings is 1. The van der Waals surface area contributed by atoms with Gasteiger partial charge in [-0.15, -0.1) is 0 Å². The Morgan fingerprint density at radius 1 is 1.30 bits per heavy atom. The molecular weight excluding hydrogens is 366 g/mol. The van der Waals surface area contributed by atoms with Gasteiger partial charge in [0.25, 0.3) is 0 Å². The first-order valence-electron chi connectivity index (χ1n) is 9.00. The van der Waals surface area contributed by atoms with Crippen molar-refractivity contribution in [2.45, 2.75) is 25.6 Å². The van der Waals surface area contributed by atoms with Crippen molar-refractivity contribution in [3.63, 3.8) is 0 Å². The predicted octanol–water partition coefficient (Wildman–Crippen LogP) is 0.461. The maximum absolute atomic E-state index is 12.6. The van der Waals surface area contributed by atoms with Gasteiger partial charge < -0.3 is 20.1 Å². The smallest absolute Gasteiger partial charge is 0.318 e. The fourth-order valence-corrected chi connectivity index (χ4v) is 5.78. The van der Waals surface area contributed by atoms with Crippen molar-refractivity contribution in [2.75, 3.05) is 24.6 Å². The Balaban J connectivity index is 1.38. The molecule has 3 heterocycles. The van der Waals surface area contributed by atoms with Crippen LogP contribution in [0, 0.1) is 6.92 Å². The third-order valence-corrected chi connectivity index (χ3v) is 6.94. The van der Waals surface area contributed by atoms with Crippen molar-refractivity contribution in [3.05, 3.63) is 48.0 Å². The molecule has 0 saturated carbocycles. The Morgan fingerprint density at radius 3 is 2.78 bits per heavy atom. The van der Waals surface area contributed by atoms with Crippen molar-refractivity contribution >= 4 is 15.9 Å². The maximum Gasteiger partial charge on any atom is 0.318 e. The fourth-order valence-electron chi connectivity index (χ4n) is 3.82. The molecule has 2 saturated heterocycles. The third-order valence-electron chi connectivity index (χ3n) is 5.23. The van der Waals surface area contributed by atoms with Crippen LogP contribution in [0.3, 0.4) is 0 Å². The number of carbonyl (C=O) groups is 1. The maximum atomic E-state index is 12.6. The minimum atomic E-state index is -3.08. The lowest BCUT2D eigenvalue weighted by Crippen LogP contribution is -2.60. The number of amides is 2. The number of urea groups is 1. The van der Waals surface area contributed by atoms with Crippen LogP contribution in [0.4, 0.5) is 4.79 Å². The molecule has 0 bridgehead atoms. The van der Waals surface area contributed by atoms with E-state index < -0.39 is 9.84 Å². The number of nitrogens with zero attached hydrogens (tertiary/aromatic N) is 3. The van der Waals surface area contributed by atoms with Crippen molar-refractivity contribution in [1.82, 2.24) is 25.1 Å². The molecule has 2 amide bonds. The fraction of sp³-hybridized carbons (Fsp3) is 0.444. The Bertz CT molecular complexity index is 938. The molecule has 4 rings (SSSR count). The number of carbonyl (C=O) groups excluding carboxylic acids is 1. The highest BCUT2D eigenvalue weighted by molar-refractivity contribution is 7.91. The van der Waals surface area contributed by atoms with E-state index in [2.05, 4.69) is 15.6 Å². The lowest BCUT2D eigenvalue weighted by Gasteiger charge is -2.37. The molecule has 9 heteroatoms. The monoisotopic (exact) mass is 389 g/mol. The molecular formula is C18H23N5O3S. The van der Waals surface area contributed by atoms with Crippen molar-refractivity contribution in [2.24, 2.45) is 0 Å². The van der Waals surface area contributed by atoms with Gasteiger partial charge in [0.05, 0.1) is 17.5 Å². The lowest BCUT2D eigenvalue weighted by molar-refractivity contribution is 0.151. The molecule has 2 aliphatic rings. The van der Waals surface area contributed by atoms with Crippen LogP contribution in [0.15, 0.2) is 36.7 Å². The van der Waals surface area contributed by atoms with Crippen LogP contribution in [0.1, 0.15) is 11.4 Å². The average Bonchev–Trinajstić information content (AvgIpc) is 3.20. The summed E-state index contributed by atoms with van der Waals surface area (Å²) in [4.78, 5) is 18.5. The van der Waals surface area contributed by atoms with E-state index in [-0.39, 0.29) is 29.6 Å². The molecule has 8 nitrogen and oxygen atoms in total. The highest BCUT2D eigenvalue weighted by Crippen LogP contribution is 2.21. The van der Waals surface area contributed by atoms with Crippen LogP contribution < -0.4 is 10.6 Å². The van der Waals surface area contributed by atoms with Crippen LogP contribution >= 0.6 is 0 Å². The molecule has 0 unspecified atom stereocenters. The van der Waals surface area contributed by atoms with Crippen LogP contribution in [-0.2, 0) is 16.4 Å². The number of fused-ring (bicyclic) bond motifs is 1. The zero-order valence-corrected chi connectivity index (χ0v) is 15.9. The highest BCUT2D eigenvalue weighted by Gasteiger charge is 2.44. The van der Waals surface area contributed by atoms with Gasteiger partial charge in [0, 0.05) is 43.8 Å². The number of rotatable bonds is 3. The molecule has 144 valence electrons. The first-order chi connectivity index (χ1) is 12.9. The largest absolute Gasteiger partial charge is 0.334 e. The van der Waals surface area contributed by atoms with E-state index >= 15 is 0 Å². The Kier molecular flexibility index (Phi) is 4.65. The summed E-state index contributed by atoms with van der Waals surface area (Å²) in [6.07, 6.45) is 3.66. The predicted molar refractivity (Wildman–Crippen MR) is 101 cm³/mol. The van der Waals surface area contributed by atoms with Crippen molar-refractivity contribution in [3.8, 4) is 5.69 Å². The summed E-state index contributed by atoms with van der Waals surface area (Å²) in [6.45, 7) is 3.47. The van der Waals surface area contributed by atoms with E-state index in [1.165, 1.54) is 0 Å². The SMILES string of the molecule is Cc1nccn1-c1ccc(CNC(=O)N2CCN[C@H]3CS(=O)(=O)C[C@H]32)cc1.